The predicted octanol–water partition coefficient (Wildman–Crippen LogP) is 3.81. The molecule has 0 unspecified atom stereocenters. The Labute approximate surface area is 162 Å². The van der Waals surface area contributed by atoms with Gasteiger partial charge in [-0.15, -0.1) is 0 Å². The fourth-order valence-corrected chi connectivity index (χ4v) is 2.95. The zero-order valence-corrected chi connectivity index (χ0v) is 15.9. The smallest absolute Gasteiger partial charge is 0.254 e. The lowest BCUT2D eigenvalue weighted by atomic mass is 10.1. The first-order valence-corrected chi connectivity index (χ1v) is 9.25. The van der Waals surface area contributed by atoms with E-state index in [0.717, 1.165) is 12.0 Å². The van der Waals surface area contributed by atoms with Crippen molar-refractivity contribution in [1.82, 2.24) is 9.55 Å². The van der Waals surface area contributed by atoms with Crippen molar-refractivity contribution in [1.29, 1.82) is 0 Å². The van der Waals surface area contributed by atoms with Crippen LogP contribution in [0.5, 0.6) is 0 Å². The van der Waals surface area contributed by atoms with Crippen LogP contribution in [0.2, 0.25) is 0 Å². The van der Waals surface area contributed by atoms with E-state index < -0.39 is 5.82 Å². The number of hydrogen-bond acceptors (Lipinski definition) is 3. The second kappa shape index (κ2) is 8.61. The molecule has 5 nitrogen and oxygen atoms in total. The third-order valence-corrected chi connectivity index (χ3v) is 4.43. The van der Waals surface area contributed by atoms with Crippen LogP contribution in [0.15, 0.2) is 59.4 Å². The number of nitrogens with zero attached hydrogens (tertiary/aromatic N) is 2. The molecule has 0 aliphatic carbocycles. The van der Waals surface area contributed by atoms with Gasteiger partial charge in [0.2, 0.25) is 5.91 Å². The number of rotatable bonds is 6. The Morgan fingerprint density at radius 1 is 1.07 bits per heavy atom. The Balaban J connectivity index is 1.94. The first-order chi connectivity index (χ1) is 13.5. The summed E-state index contributed by atoms with van der Waals surface area (Å²) in [5, 5.41) is 2.81. The van der Waals surface area contributed by atoms with Gasteiger partial charge >= 0.3 is 0 Å². The van der Waals surface area contributed by atoms with Gasteiger partial charge in [0.25, 0.3) is 5.56 Å². The van der Waals surface area contributed by atoms with Crippen molar-refractivity contribution >= 4 is 11.6 Å². The van der Waals surface area contributed by atoms with E-state index in [4.69, 9.17) is 0 Å². The number of carbonyl (C=O) groups excluding carboxylic acids is 1. The first kappa shape index (κ1) is 19.5. The lowest BCUT2D eigenvalue weighted by Gasteiger charge is -2.14. The van der Waals surface area contributed by atoms with Crippen LogP contribution in [0.4, 0.5) is 10.1 Å². The Morgan fingerprint density at radius 3 is 2.57 bits per heavy atom. The molecule has 1 amide bonds. The largest absolute Gasteiger partial charge is 0.325 e. The third kappa shape index (κ3) is 4.52. The van der Waals surface area contributed by atoms with Crippen molar-refractivity contribution in [2.75, 3.05) is 5.32 Å². The highest BCUT2D eigenvalue weighted by molar-refractivity contribution is 5.90. The normalized spacial score (nSPS) is 10.7. The van der Waals surface area contributed by atoms with Gasteiger partial charge in [0.05, 0.1) is 0 Å². The molecule has 1 N–H and O–H groups in total. The minimum Gasteiger partial charge on any atom is -0.325 e. The predicted molar refractivity (Wildman–Crippen MR) is 108 cm³/mol. The van der Waals surface area contributed by atoms with Gasteiger partial charge in [-0.25, -0.2) is 9.37 Å². The van der Waals surface area contributed by atoms with E-state index in [1.807, 2.05) is 32.0 Å². The van der Waals surface area contributed by atoms with Crippen molar-refractivity contribution in [3.63, 3.8) is 0 Å². The highest BCUT2D eigenvalue weighted by Crippen LogP contribution is 2.18. The summed E-state index contributed by atoms with van der Waals surface area (Å²) in [6.45, 7) is 3.71. The minimum absolute atomic E-state index is 0.210. The number of amides is 1. The molecule has 0 radical (unpaired) electrons. The molecule has 6 heteroatoms. The molecule has 3 aromatic rings. The summed E-state index contributed by atoms with van der Waals surface area (Å²) in [4.78, 5) is 29.6. The van der Waals surface area contributed by atoms with Gasteiger partial charge in [-0.2, -0.15) is 0 Å². The van der Waals surface area contributed by atoms with Crippen LogP contribution in [0, 0.1) is 5.82 Å². The molecule has 3 rings (SSSR count). The lowest BCUT2D eigenvalue weighted by molar-refractivity contribution is -0.116. The van der Waals surface area contributed by atoms with Gasteiger partial charge < -0.3 is 5.32 Å². The first-order valence-electron chi connectivity index (χ1n) is 9.25. The zero-order chi connectivity index (χ0) is 20.1. The van der Waals surface area contributed by atoms with Crippen LogP contribution >= 0.6 is 0 Å². The summed E-state index contributed by atoms with van der Waals surface area (Å²) < 4.78 is 15.0. The summed E-state index contributed by atoms with van der Waals surface area (Å²) in [6, 6.07) is 14.8. The number of benzene rings is 2. The number of halogens is 1. The number of aryl methyl sites for hydroxylation is 2. The molecule has 0 bridgehead atoms. The number of carbonyl (C=O) groups is 1. The van der Waals surface area contributed by atoms with Gasteiger partial charge in [0.15, 0.2) is 0 Å². The minimum atomic E-state index is -0.430. The second-order valence-corrected chi connectivity index (χ2v) is 6.46. The number of nitrogens with one attached hydrogen (secondary N) is 1. The molecule has 0 aliphatic heterocycles. The highest BCUT2D eigenvalue weighted by atomic mass is 19.1. The van der Waals surface area contributed by atoms with E-state index in [0.29, 0.717) is 23.4 Å². The van der Waals surface area contributed by atoms with E-state index in [9.17, 15) is 14.0 Å². The molecule has 1 aromatic heterocycles. The molecule has 1 heterocycles. The molecule has 0 atom stereocenters. The molecule has 0 saturated carbocycles. The van der Waals surface area contributed by atoms with Crippen LogP contribution < -0.4 is 10.9 Å². The van der Waals surface area contributed by atoms with Gasteiger partial charge in [-0.3, -0.25) is 14.2 Å². The number of anilines is 1. The van der Waals surface area contributed by atoms with E-state index in [1.54, 1.807) is 18.2 Å². The van der Waals surface area contributed by atoms with Crippen LogP contribution in [0.25, 0.3) is 11.4 Å². The topological polar surface area (TPSA) is 64.0 Å². The number of aromatic nitrogens is 2. The quantitative estimate of drug-likeness (QED) is 0.708. The SMILES string of the molecule is CCc1cccc(NC(=O)Cn2c(-c3cccc(F)c3)nc(CC)cc2=O)c1. The Kier molecular flexibility index (Phi) is 5.99. The van der Waals surface area contributed by atoms with Crippen LogP contribution in [-0.2, 0) is 24.2 Å². The highest BCUT2D eigenvalue weighted by Gasteiger charge is 2.14. The van der Waals surface area contributed by atoms with Crippen molar-refractivity contribution in [3.05, 3.63) is 82.0 Å². The summed E-state index contributed by atoms with van der Waals surface area (Å²) >= 11 is 0. The zero-order valence-electron chi connectivity index (χ0n) is 15.9. The second-order valence-electron chi connectivity index (χ2n) is 6.46. The molecule has 0 saturated heterocycles. The van der Waals surface area contributed by atoms with Gasteiger partial charge in [0.1, 0.15) is 18.2 Å². The van der Waals surface area contributed by atoms with Crippen LogP contribution in [0.1, 0.15) is 25.1 Å². The fraction of sp³-hybridized carbons (Fsp3) is 0.227. The van der Waals surface area contributed by atoms with Crippen LogP contribution in [-0.4, -0.2) is 15.5 Å². The average Bonchev–Trinajstić information content (AvgIpc) is 2.69. The molecule has 2 aromatic carbocycles. The van der Waals surface area contributed by atoms with Gasteiger partial charge in [0, 0.05) is 23.0 Å². The van der Waals surface area contributed by atoms with Crippen LogP contribution in [0.3, 0.4) is 0 Å². The van der Waals surface area contributed by atoms with E-state index >= 15 is 0 Å². The standard InChI is InChI=1S/C22H22FN3O2/c1-3-15-7-5-10-19(11-15)24-20(27)14-26-21(28)13-18(4-2)25-22(26)16-8-6-9-17(23)12-16/h5-13H,3-4,14H2,1-2H3,(H,24,27). The molecule has 0 fully saturated rings. The van der Waals surface area contributed by atoms with Gasteiger partial charge in [-0.1, -0.05) is 38.1 Å². The Hall–Kier alpha value is -3.28. The lowest BCUT2D eigenvalue weighted by Crippen LogP contribution is -2.30. The summed E-state index contributed by atoms with van der Waals surface area (Å²) in [5.41, 5.74) is 2.47. The molecular weight excluding hydrogens is 357 g/mol. The monoisotopic (exact) mass is 379 g/mol. The maximum atomic E-state index is 13.7. The third-order valence-electron chi connectivity index (χ3n) is 4.43. The van der Waals surface area contributed by atoms with Crippen molar-refractivity contribution in [2.24, 2.45) is 0 Å². The van der Waals surface area contributed by atoms with E-state index in [1.165, 1.54) is 22.8 Å². The van der Waals surface area contributed by atoms with Gasteiger partial charge in [-0.05, 0) is 42.7 Å². The molecular formula is C22H22FN3O2. The van der Waals surface area contributed by atoms with E-state index in [2.05, 4.69) is 10.3 Å². The average molecular weight is 379 g/mol. The summed E-state index contributed by atoms with van der Waals surface area (Å²) in [5.74, 6) is -0.499. The fourth-order valence-electron chi connectivity index (χ4n) is 2.95. The maximum absolute atomic E-state index is 13.7. The van der Waals surface area contributed by atoms with Crippen molar-refractivity contribution in [2.45, 2.75) is 33.2 Å². The molecule has 144 valence electrons. The maximum Gasteiger partial charge on any atom is 0.254 e. The summed E-state index contributed by atoms with van der Waals surface area (Å²) in [7, 11) is 0. The summed E-state index contributed by atoms with van der Waals surface area (Å²) in [6.07, 6.45) is 1.42. The molecule has 0 spiro atoms. The van der Waals surface area contributed by atoms with Crippen molar-refractivity contribution in [3.8, 4) is 11.4 Å². The molecule has 28 heavy (non-hydrogen) atoms. The Bertz CT molecular complexity index is 1060. The van der Waals surface area contributed by atoms with E-state index in [-0.39, 0.29) is 23.8 Å². The molecule has 0 aliphatic rings. The Morgan fingerprint density at radius 2 is 1.86 bits per heavy atom. The number of hydrogen-bond donors (Lipinski definition) is 1. The van der Waals surface area contributed by atoms with Crippen molar-refractivity contribution < 1.29 is 9.18 Å².